The molecule has 0 saturated carbocycles. The number of fused-ring (bicyclic) bond motifs is 1. The molecule has 0 heterocycles. The van der Waals surface area contributed by atoms with E-state index < -0.39 is 66.6 Å². The third-order valence-corrected chi connectivity index (χ3v) is 6.40. The zero-order chi connectivity index (χ0) is 27.3. The van der Waals surface area contributed by atoms with Crippen LogP contribution in [0.5, 0.6) is 0 Å². The number of hydrogen-bond acceptors (Lipinski definition) is 10. The number of nitrogens with one attached hydrogen (secondary N) is 2. The predicted octanol–water partition coefficient (Wildman–Crippen LogP) is -6.43. The molecule has 0 atom stereocenters. The minimum absolute atomic E-state index is 0. The first-order valence-corrected chi connectivity index (χ1v) is 13.3. The third-order valence-electron chi connectivity index (χ3n) is 4.82. The number of amides is 2. The van der Waals surface area contributed by atoms with Crippen molar-refractivity contribution < 1.29 is 114 Å². The molecule has 0 aliphatic rings. The van der Waals surface area contributed by atoms with Crippen LogP contribution in [0.3, 0.4) is 0 Å². The van der Waals surface area contributed by atoms with Crippen LogP contribution in [0.1, 0.15) is 54.3 Å². The molecular weight excluding hydrogens is 570 g/mol. The molecule has 0 fully saturated rings. The number of aromatic carboxylic acids is 2. The Balaban J connectivity index is 0.00000684. The van der Waals surface area contributed by atoms with E-state index in [0.717, 1.165) is 24.3 Å². The van der Waals surface area contributed by atoms with E-state index >= 15 is 0 Å². The molecule has 2 rings (SSSR count). The Hall–Kier alpha value is -1.60. The molecular formula is C20H20N2Na2O12S2. The molecule has 4 N–H and O–H groups in total. The van der Waals surface area contributed by atoms with Crippen molar-refractivity contribution in [2.75, 3.05) is 24.6 Å². The summed E-state index contributed by atoms with van der Waals surface area (Å²) in [4.78, 5) is 49.2. The standard InChI is InChI=1S/C20H22N2O12S2.2Na/c23-17(21-7-1-9-35(29,30)31)11-3-4-12(18(24)22-8-2-10-36(32,33)34)16-14(20(27)28)6-5-13(15(11)16)19(25)26;;/h3-6H,1-2,7-10H2,(H,21,23)(H,22,24)(H,25,26)(H,27,28)(H,29,30,31)(H,32,33,34);;/q;2*+1/p-2. The van der Waals surface area contributed by atoms with Crippen LogP contribution in [0.2, 0.25) is 0 Å². The maximum absolute atomic E-state index is 12.8. The number of carboxylic acid groups (broad SMARTS) is 2. The van der Waals surface area contributed by atoms with Gasteiger partial charge in [0.2, 0.25) is 0 Å². The molecule has 14 nitrogen and oxygen atoms in total. The van der Waals surface area contributed by atoms with Gasteiger partial charge in [-0.2, -0.15) is 0 Å². The SMILES string of the molecule is O=C(O)c1ccc(C(=O)O)c2c(C(=O)NCCCS(=O)(=O)[O-])ccc(C(=O)NCCCS(=O)(=O)[O-])c12.[Na+].[Na+]. The number of benzene rings is 2. The maximum atomic E-state index is 12.8. The van der Waals surface area contributed by atoms with Crippen molar-refractivity contribution in [3.8, 4) is 0 Å². The monoisotopic (exact) mass is 590 g/mol. The molecule has 38 heavy (non-hydrogen) atoms. The van der Waals surface area contributed by atoms with Gasteiger partial charge < -0.3 is 30.0 Å². The van der Waals surface area contributed by atoms with E-state index in [1.807, 2.05) is 0 Å². The topological polar surface area (TPSA) is 247 Å². The number of rotatable bonds is 12. The van der Waals surface area contributed by atoms with E-state index in [2.05, 4.69) is 10.6 Å². The molecule has 0 aliphatic carbocycles. The van der Waals surface area contributed by atoms with E-state index in [4.69, 9.17) is 0 Å². The van der Waals surface area contributed by atoms with Crippen LogP contribution >= 0.6 is 0 Å². The fraction of sp³-hybridized carbons (Fsp3) is 0.300. The van der Waals surface area contributed by atoms with E-state index in [9.17, 15) is 55.3 Å². The molecule has 0 aromatic heterocycles. The van der Waals surface area contributed by atoms with Gasteiger partial charge in [0, 0.05) is 46.5 Å². The van der Waals surface area contributed by atoms with Crippen molar-refractivity contribution in [1.82, 2.24) is 10.6 Å². The summed E-state index contributed by atoms with van der Waals surface area (Å²) in [6, 6.07) is 4.01. The van der Waals surface area contributed by atoms with Gasteiger partial charge >= 0.3 is 71.1 Å². The molecule has 2 amide bonds. The molecule has 0 unspecified atom stereocenters. The Labute approximate surface area is 261 Å². The quantitative estimate of drug-likeness (QED) is 0.102. The van der Waals surface area contributed by atoms with Crippen LogP contribution in [0.15, 0.2) is 24.3 Å². The summed E-state index contributed by atoms with van der Waals surface area (Å²) in [5.74, 6) is -6.43. The molecule has 18 heteroatoms. The second-order valence-electron chi connectivity index (χ2n) is 7.42. The average molecular weight is 590 g/mol. The van der Waals surface area contributed by atoms with Crippen molar-refractivity contribution in [2.24, 2.45) is 0 Å². The number of carbonyl (C=O) groups excluding carboxylic acids is 2. The predicted molar refractivity (Wildman–Crippen MR) is 121 cm³/mol. The van der Waals surface area contributed by atoms with Gasteiger partial charge in [-0.25, -0.2) is 26.4 Å². The first kappa shape index (κ1) is 36.4. The summed E-state index contributed by atoms with van der Waals surface area (Å²) in [6.45, 7) is -0.540. The Morgan fingerprint density at radius 1 is 0.632 bits per heavy atom. The Bertz CT molecular complexity index is 1340. The summed E-state index contributed by atoms with van der Waals surface area (Å²) in [7, 11) is -9.05. The first-order chi connectivity index (χ1) is 16.6. The second-order valence-corrected chi connectivity index (χ2v) is 10.5. The van der Waals surface area contributed by atoms with Crippen LogP contribution in [0.25, 0.3) is 10.8 Å². The minimum atomic E-state index is -4.53. The molecule has 0 bridgehead atoms. The van der Waals surface area contributed by atoms with E-state index in [1.54, 1.807) is 0 Å². The molecule has 0 spiro atoms. The van der Waals surface area contributed by atoms with Gasteiger partial charge in [-0.15, -0.1) is 0 Å². The summed E-state index contributed by atoms with van der Waals surface area (Å²) < 4.78 is 64.3. The molecule has 2 aromatic rings. The molecule has 0 aliphatic heterocycles. The zero-order valence-corrected chi connectivity index (χ0v) is 26.0. The van der Waals surface area contributed by atoms with Crippen LogP contribution in [-0.4, -0.2) is 84.5 Å². The fourth-order valence-electron chi connectivity index (χ4n) is 3.32. The van der Waals surface area contributed by atoms with Gasteiger partial charge in [0.15, 0.2) is 0 Å². The first-order valence-electron chi connectivity index (χ1n) is 10.1. The van der Waals surface area contributed by atoms with Crippen molar-refractivity contribution >= 4 is 54.8 Å². The van der Waals surface area contributed by atoms with Crippen molar-refractivity contribution in [3.05, 3.63) is 46.5 Å². The summed E-state index contributed by atoms with van der Waals surface area (Å²) in [5, 5.41) is 23.1. The van der Waals surface area contributed by atoms with E-state index in [0.29, 0.717) is 0 Å². The normalized spacial score (nSPS) is 11.1. The van der Waals surface area contributed by atoms with Crippen LogP contribution in [0, 0.1) is 0 Å². The van der Waals surface area contributed by atoms with Crippen molar-refractivity contribution in [3.63, 3.8) is 0 Å². The Kier molecular flexibility index (Phi) is 14.6. The molecule has 2 aromatic carbocycles. The van der Waals surface area contributed by atoms with Gasteiger partial charge in [0.25, 0.3) is 11.8 Å². The second kappa shape index (κ2) is 15.3. The zero-order valence-electron chi connectivity index (χ0n) is 20.3. The molecule has 0 saturated heterocycles. The van der Waals surface area contributed by atoms with Gasteiger partial charge in [-0.3, -0.25) is 9.59 Å². The van der Waals surface area contributed by atoms with Gasteiger partial charge in [0.05, 0.1) is 31.4 Å². The van der Waals surface area contributed by atoms with E-state index in [-0.39, 0.29) is 107 Å². The fourth-order valence-corrected chi connectivity index (χ4v) is 4.32. The third kappa shape index (κ3) is 10.5. The number of carbonyl (C=O) groups is 4. The average Bonchev–Trinajstić information content (AvgIpc) is 2.76. The molecule has 0 radical (unpaired) electrons. The summed E-state index contributed by atoms with van der Waals surface area (Å²) >= 11 is 0. The van der Waals surface area contributed by atoms with E-state index in [1.165, 1.54) is 0 Å². The minimum Gasteiger partial charge on any atom is -0.748 e. The Morgan fingerprint density at radius 3 is 1.18 bits per heavy atom. The van der Waals surface area contributed by atoms with Gasteiger partial charge in [-0.05, 0) is 37.1 Å². The van der Waals surface area contributed by atoms with Crippen molar-refractivity contribution in [1.29, 1.82) is 0 Å². The Morgan fingerprint density at radius 2 is 0.921 bits per heavy atom. The summed E-state index contributed by atoms with van der Waals surface area (Å²) in [6.07, 6.45) is -0.470. The summed E-state index contributed by atoms with van der Waals surface area (Å²) in [5.41, 5.74) is -1.67. The number of hydrogen-bond donors (Lipinski definition) is 4. The van der Waals surface area contributed by atoms with Crippen molar-refractivity contribution in [2.45, 2.75) is 12.8 Å². The van der Waals surface area contributed by atoms with Crippen LogP contribution in [0.4, 0.5) is 0 Å². The van der Waals surface area contributed by atoms with Crippen LogP contribution in [-0.2, 0) is 20.2 Å². The largest absolute Gasteiger partial charge is 1.00 e. The number of carboxylic acids is 2. The smallest absolute Gasteiger partial charge is 0.748 e. The maximum Gasteiger partial charge on any atom is 1.00 e. The van der Waals surface area contributed by atoms with Gasteiger partial charge in [-0.1, -0.05) is 0 Å². The molecule has 196 valence electrons. The van der Waals surface area contributed by atoms with Crippen LogP contribution < -0.4 is 69.7 Å². The van der Waals surface area contributed by atoms with Gasteiger partial charge in [0.1, 0.15) is 0 Å².